The van der Waals surface area contributed by atoms with Crippen molar-refractivity contribution in [2.45, 2.75) is 26.4 Å². The summed E-state index contributed by atoms with van der Waals surface area (Å²) in [4.78, 5) is 14.2. The van der Waals surface area contributed by atoms with E-state index in [-0.39, 0.29) is 17.9 Å². The zero-order chi connectivity index (χ0) is 14.1. The van der Waals surface area contributed by atoms with E-state index in [2.05, 4.69) is 6.92 Å². The van der Waals surface area contributed by atoms with Crippen molar-refractivity contribution in [3.8, 4) is 11.5 Å². The van der Waals surface area contributed by atoms with Gasteiger partial charge >= 0.3 is 0 Å². The molecule has 1 amide bonds. The summed E-state index contributed by atoms with van der Waals surface area (Å²) < 4.78 is 11.6. The van der Waals surface area contributed by atoms with Gasteiger partial charge in [0.25, 0.3) is 0 Å². The molecule has 20 heavy (non-hydrogen) atoms. The standard InChI is InChI=1S/C16H21NO3/c1-3-17(16(18)13-8-11(13)2)9-12-10-19-14-6-4-5-7-15(14)20-12/h4-7,11-13H,3,8-10H2,1-2H3. The number of fused-ring (bicyclic) bond motifs is 1. The first-order valence-corrected chi connectivity index (χ1v) is 7.36. The molecule has 108 valence electrons. The second kappa shape index (κ2) is 5.35. The van der Waals surface area contributed by atoms with Gasteiger partial charge in [-0.25, -0.2) is 0 Å². The Bertz CT molecular complexity index is 502. The lowest BCUT2D eigenvalue weighted by molar-refractivity contribution is -0.134. The first kappa shape index (κ1) is 13.3. The molecule has 0 radical (unpaired) electrons. The number of likely N-dealkylation sites (N-methyl/N-ethyl adjacent to an activating group) is 1. The van der Waals surface area contributed by atoms with Crippen LogP contribution in [0.5, 0.6) is 11.5 Å². The maximum absolute atomic E-state index is 12.3. The molecule has 0 aromatic heterocycles. The lowest BCUT2D eigenvalue weighted by atomic mass is 10.2. The quantitative estimate of drug-likeness (QED) is 0.846. The lowest BCUT2D eigenvalue weighted by Crippen LogP contribution is -2.44. The van der Waals surface area contributed by atoms with Crippen LogP contribution in [0.2, 0.25) is 0 Å². The molecule has 3 rings (SSSR count). The van der Waals surface area contributed by atoms with E-state index in [0.29, 0.717) is 19.1 Å². The van der Waals surface area contributed by atoms with Crippen LogP contribution in [0, 0.1) is 11.8 Å². The molecular weight excluding hydrogens is 254 g/mol. The molecule has 1 aliphatic carbocycles. The van der Waals surface area contributed by atoms with Crippen molar-refractivity contribution < 1.29 is 14.3 Å². The van der Waals surface area contributed by atoms with Gasteiger partial charge in [-0.1, -0.05) is 19.1 Å². The number of benzene rings is 1. The zero-order valence-electron chi connectivity index (χ0n) is 12.0. The minimum absolute atomic E-state index is 0.0807. The summed E-state index contributed by atoms with van der Waals surface area (Å²) in [6, 6.07) is 7.67. The molecule has 4 heteroatoms. The van der Waals surface area contributed by atoms with Crippen molar-refractivity contribution >= 4 is 5.91 Å². The van der Waals surface area contributed by atoms with Crippen molar-refractivity contribution in [1.29, 1.82) is 0 Å². The fourth-order valence-electron chi connectivity index (χ4n) is 2.67. The number of ether oxygens (including phenoxy) is 2. The Labute approximate surface area is 119 Å². The molecule has 1 aromatic carbocycles. The number of amides is 1. The predicted octanol–water partition coefficient (Wildman–Crippen LogP) is 2.33. The molecule has 1 heterocycles. The Balaban J connectivity index is 1.61. The monoisotopic (exact) mass is 275 g/mol. The molecule has 2 aliphatic rings. The maximum atomic E-state index is 12.3. The molecule has 3 atom stereocenters. The third-order valence-electron chi connectivity index (χ3n) is 4.11. The van der Waals surface area contributed by atoms with Crippen LogP contribution >= 0.6 is 0 Å². The van der Waals surface area contributed by atoms with Gasteiger partial charge in [-0.05, 0) is 31.4 Å². The van der Waals surface area contributed by atoms with E-state index in [9.17, 15) is 4.79 Å². The Morgan fingerprint density at radius 1 is 1.35 bits per heavy atom. The summed E-state index contributed by atoms with van der Waals surface area (Å²) in [6.45, 7) is 5.98. The average Bonchev–Trinajstić information content (AvgIpc) is 3.21. The van der Waals surface area contributed by atoms with Gasteiger partial charge in [-0.3, -0.25) is 4.79 Å². The highest BCUT2D eigenvalue weighted by Crippen LogP contribution is 2.39. The Morgan fingerprint density at radius 2 is 2.05 bits per heavy atom. The van der Waals surface area contributed by atoms with Crippen LogP contribution in [0.25, 0.3) is 0 Å². The Hall–Kier alpha value is -1.71. The van der Waals surface area contributed by atoms with E-state index in [1.165, 1.54) is 0 Å². The van der Waals surface area contributed by atoms with Crippen LogP contribution in [0.3, 0.4) is 0 Å². The van der Waals surface area contributed by atoms with Gasteiger partial charge in [0.05, 0.1) is 6.54 Å². The highest BCUT2D eigenvalue weighted by molar-refractivity contribution is 5.81. The SMILES string of the molecule is CCN(CC1COc2ccccc2O1)C(=O)C1CC1C. The number of hydrogen-bond acceptors (Lipinski definition) is 3. The fraction of sp³-hybridized carbons (Fsp3) is 0.562. The first-order valence-electron chi connectivity index (χ1n) is 7.36. The van der Waals surface area contributed by atoms with Crippen molar-refractivity contribution in [1.82, 2.24) is 4.90 Å². The molecule has 4 nitrogen and oxygen atoms in total. The molecule has 0 spiro atoms. The van der Waals surface area contributed by atoms with E-state index in [1.54, 1.807) is 0 Å². The number of nitrogens with zero attached hydrogens (tertiary/aromatic N) is 1. The summed E-state index contributed by atoms with van der Waals surface area (Å²) in [5.74, 6) is 2.59. The highest BCUT2D eigenvalue weighted by Gasteiger charge is 2.41. The third kappa shape index (κ3) is 2.60. The van der Waals surface area contributed by atoms with Gasteiger partial charge in [0.15, 0.2) is 17.6 Å². The minimum Gasteiger partial charge on any atom is -0.486 e. The molecule has 0 N–H and O–H groups in total. The molecule has 0 saturated heterocycles. The van der Waals surface area contributed by atoms with Crippen molar-refractivity contribution in [3.63, 3.8) is 0 Å². The number of para-hydroxylation sites is 2. The number of rotatable bonds is 4. The smallest absolute Gasteiger partial charge is 0.226 e. The molecular formula is C16H21NO3. The molecule has 0 bridgehead atoms. The van der Waals surface area contributed by atoms with Crippen LogP contribution in [0.15, 0.2) is 24.3 Å². The van der Waals surface area contributed by atoms with Crippen molar-refractivity contribution in [2.75, 3.05) is 19.7 Å². The molecule has 1 saturated carbocycles. The Kier molecular flexibility index (Phi) is 3.55. The van der Waals surface area contributed by atoms with Gasteiger partial charge in [-0.15, -0.1) is 0 Å². The lowest BCUT2D eigenvalue weighted by Gasteiger charge is -2.31. The van der Waals surface area contributed by atoms with E-state index in [0.717, 1.165) is 24.5 Å². The molecule has 3 unspecified atom stereocenters. The third-order valence-corrected chi connectivity index (χ3v) is 4.11. The van der Waals surface area contributed by atoms with Crippen LogP contribution in [-0.2, 0) is 4.79 Å². The highest BCUT2D eigenvalue weighted by atomic mass is 16.6. The zero-order valence-corrected chi connectivity index (χ0v) is 12.0. The maximum Gasteiger partial charge on any atom is 0.226 e. The summed E-state index contributed by atoms with van der Waals surface area (Å²) in [6.07, 6.45) is 0.947. The van der Waals surface area contributed by atoms with Gasteiger partial charge < -0.3 is 14.4 Å². The minimum atomic E-state index is -0.0807. The Morgan fingerprint density at radius 3 is 2.70 bits per heavy atom. The van der Waals surface area contributed by atoms with Gasteiger partial charge in [-0.2, -0.15) is 0 Å². The van der Waals surface area contributed by atoms with Gasteiger partial charge in [0.1, 0.15) is 6.61 Å². The number of hydrogen-bond donors (Lipinski definition) is 0. The first-order chi connectivity index (χ1) is 9.69. The normalized spacial score (nSPS) is 27.0. The number of carbonyl (C=O) groups is 1. The van der Waals surface area contributed by atoms with Gasteiger partial charge in [0.2, 0.25) is 5.91 Å². The summed E-state index contributed by atoms with van der Waals surface area (Å²) in [5.41, 5.74) is 0. The van der Waals surface area contributed by atoms with Crippen LogP contribution in [0.1, 0.15) is 20.3 Å². The fourth-order valence-corrected chi connectivity index (χ4v) is 2.67. The van der Waals surface area contributed by atoms with Crippen LogP contribution < -0.4 is 9.47 Å². The van der Waals surface area contributed by atoms with Crippen LogP contribution in [0.4, 0.5) is 0 Å². The average molecular weight is 275 g/mol. The van der Waals surface area contributed by atoms with Crippen LogP contribution in [-0.4, -0.2) is 36.6 Å². The molecule has 1 aromatic rings. The summed E-state index contributed by atoms with van der Waals surface area (Å²) in [5, 5.41) is 0. The van der Waals surface area contributed by atoms with Crippen molar-refractivity contribution in [2.24, 2.45) is 11.8 Å². The van der Waals surface area contributed by atoms with Crippen molar-refractivity contribution in [3.05, 3.63) is 24.3 Å². The summed E-state index contributed by atoms with van der Waals surface area (Å²) in [7, 11) is 0. The second-order valence-corrected chi connectivity index (χ2v) is 5.69. The second-order valence-electron chi connectivity index (χ2n) is 5.69. The van der Waals surface area contributed by atoms with E-state index in [4.69, 9.17) is 9.47 Å². The van der Waals surface area contributed by atoms with Gasteiger partial charge in [0, 0.05) is 12.5 Å². The summed E-state index contributed by atoms with van der Waals surface area (Å²) >= 11 is 0. The predicted molar refractivity (Wildman–Crippen MR) is 75.9 cm³/mol. The molecule has 1 fully saturated rings. The largest absolute Gasteiger partial charge is 0.486 e. The van der Waals surface area contributed by atoms with E-state index in [1.807, 2.05) is 36.1 Å². The van der Waals surface area contributed by atoms with E-state index < -0.39 is 0 Å². The van der Waals surface area contributed by atoms with E-state index >= 15 is 0 Å². The number of carbonyl (C=O) groups excluding carboxylic acids is 1. The molecule has 1 aliphatic heterocycles. The topological polar surface area (TPSA) is 38.8 Å².